The van der Waals surface area contributed by atoms with Crippen LogP contribution >= 0.6 is 0 Å². The van der Waals surface area contributed by atoms with Crippen LogP contribution in [0.4, 0.5) is 0 Å². The van der Waals surface area contributed by atoms with E-state index in [9.17, 15) is 9.59 Å². The fraction of sp³-hybridized carbons (Fsp3) is 0.182. The quantitative estimate of drug-likeness (QED) is 0.395. The second-order valence-electron chi connectivity index (χ2n) is 7.40. The van der Waals surface area contributed by atoms with Crippen molar-refractivity contribution in [3.05, 3.63) is 78.1 Å². The molecule has 10 heteroatoms. The maximum atomic E-state index is 12.9. The van der Waals surface area contributed by atoms with Gasteiger partial charge in [-0.05, 0) is 18.2 Å². The standard InChI is InChI=1S/C22H20N8O2/c1-28-13-15(12-24-28)18(31)14-30-17-7-3-2-6-16(17)21(27-30)22(32)23-10-9-20-26-25-19-8-4-5-11-29(19)20/h2-8,11-13H,9-10,14H2,1H3,(H,23,32). The summed E-state index contributed by atoms with van der Waals surface area (Å²) in [5.74, 6) is 0.331. The average molecular weight is 428 g/mol. The van der Waals surface area contributed by atoms with Crippen molar-refractivity contribution in [1.29, 1.82) is 0 Å². The number of para-hydroxylation sites is 1. The Kier molecular flexibility index (Phi) is 4.94. The Balaban J connectivity index is 1.33. The van der Waals surface area contributed by atoms with Crippen LogP contribution in [-0.2, 0) is 20.0 Å². The number of carbonyl (C=O) groups excluding carboxylic acids is 2. The molecule has 32 heavy (non-hydrogen) atoms. The first-order valence-electron chi connectivity index (χ1n) is 10.1. The number of amides is 1. The van der Waals surface area contributed by atoms with E-state index in [-0.39, 0.29) is 23.9 Å². The molecule has 0 radical (unpaired) electrons. The largest absolute Gasteiger partial charge is 0.350 e. The van der Waals surface area contributed by atoms with Gasteiger partial charge < -0.3 is 5.32 Å². The summed E-state index contributed by atoms with van der Waals surface area (Å²) in [6.45, 7) is 0.398. The first-order valence-corrected chi connectivity index (χ1v) is 10.1. The van der Waals surface area contributed by atoms with E-state index in [1.807, 2.05) is 53.1 Å². The summed E-state index contributed by atoms with van der Waals surface area (Å²) in [5, 5.41) is 20.4. The summed E-state index contributed by atoms with van der Waals surface area (Å²) in [4.78, 5) is 25.5. The number of pyridine rings is 1. The maximum absolute atomic E-state index is 12.9. The number of Topliss-reactive ketones (excluding diaryl/α,β-unsaturated/α-hetero) is 1. The SMILES string of the molecule is Cn1cc(C(=O)Cn2nc(C(=O)NCCc3nnc4ccccn34)c3ccccc32)cn1. The molecule has 0 saturated heterocycles. The molecule has 0 aliphatic heterocycles. The molecular weight excluding hydrogens is 408 g/mol. The van der Waals surface area contributed by atoms with E-state index in [1.165, 1.54) is 6.20 Å². The summed E-state index contributed by atoms with van der Waals surface area (Å²) < 4.78 is 5.03. The van der Waals surface area contributed by atoms with Gasteiger partial charge >= 0.3 is 0 Å². The zero-order chi connectivity index (χ0) is 22.1. The second-order valence-corrected chi connectivity index (χ2v) is 7.40. The van der Waals surface area contributed by atoms with Crippen molar-refractivity contribution in [1.82, 2.24) is 39.5 Å². The van der Waals surface area contributed by atoms with Crippen LogP contribution in [0.5, 0.6) is 0 Å². The van der Waals surface area contributed by atoms with Crippen LogP contribution in [0.15, 0.2) is 61.1 Å². The van der Waals surface area contributed by atoms with Crippen LogP contribution in [0.1, 0.15) is 26.7 Å². The molecule has 4 heterocycles. The van der Waals surface area contributed by atoms with Crippen molar-refractivity contribution >= 4 is 28.2 Å². The number of nitrogens with zero attached hydrogens (tertiary/aromatic N) is 7. The van der Waals surface area contributed by atoms with Gasteiger partial charge in [-0.1, -0.05) is 24.3 Å². The summed E-state index contributed by atoms with van der Waals surface area (Å²) >= 11 is 0. The van der Waals surface area contributed by atoms with E-state index in [0.717, 1.165) is 17.0 Å². The van der Waals surface area contributed by atoms with Gasteiger partial charge in [0.1, 0.15) is 12.4 Å². The Morgan fingerprint density at radius 1 is 1.06 bits per heavy atom. The van der Waals surface area contributed by atoms with Gasteiger partial charge in [-0.3, -0.25) is 23.4 Å². The molecule has 1 aromatic carbocycles. The van der Waals surface area contributed by atoms with Crippen molar-refractivity contribution in [2.75, 3.05) is 6.54 Å². The van der Waals surface area contributed by atoms with Crippen LogP contribution in [0.2, 0.25) is 0 Å². The van der Waals surface area contributed by atoms with E-state index in [2.05, 4.69) is 25.7 Å². The van der Waals surface area contributed by atoms with Crippen molar-refractivity contribution in [3.8, 4) is 0 Å². The van der Waals surface area contributed by atoms with E-state index >= 15 is 0 Å². The molecule has 5 rings (SSSR count). The average Bonchev–Trinajstić information content (AvgIpc) is 3.51. The van der Waals surface area contributed by atoms with E-state index in [1.54, 1.807) is 22.6 Å². The molecule has 0 saturated carbocycles. The summed E-state index contributed by atoms with van der Waals surface area (Å²) in [7, 11) is 1.75. The molecule has 160 valence electrons. The topological polar surface area (TPSA) is 112 Å². The van der Waals surface area contributed by atoms with Crippen LogP contribution < -0.4 is 5.32 Å². The zero-order valence-corrected chi connectivity index (χ0v) is 17.3. The number of hydrogen-bond acceptors (Lipinski definition) is 6. The van der Waals surface area contributed by atoms with Crippen molar-refractivity contribution in [2.24, 2.45) is 7.05 Å². The predicted molar refractivity (Wildman–Crippen MR) is 116 cm³/mol. The Morgan fingerprint density at radius 3 is 2.75 bits per heavy atom. The number of aromatic nitrogens is 7. The summed E-state index contributed by atoms with van der Waals surface area (Å²) in [6, 6.07) is 13.1. The van der Waals surface area contributed by atoms with Crippen LogP contribution in [0, 0.1) is 0 Å². The van der Waals surface area contributed by atoms with Gasteiger partial charge in [-0.15, -0.1) is 10.2 Å². The number of aryl methyl sites for hydroxylation is 1. The Hall–Kier alpha value is -4.34. The van der Waals surface area contributed by atoms with Crippen LogP contribution in [0.3, 0.4) is 0 Å². The van der Waals surface area contributed by atoms with Gasteiger partial charge in [0, 0.05) is 37.8 Å². The van der Waals surface area contributed by atoms with Gasteiger partial charge in [-0.25, -0.2) is 0 Å². The molecule has 0 bridgehead atoms. The lowest BCUT2D eigenvalue weighted by atomic mass is 10.2. The molecule has 1 N–H and O–H groups in total. The van der Waals surface area contributed by atoms with E-state index in [0.29, 0.717) is 23.9 Å². The molecule has 5 aromatic rings. The Labute approximate surface area is 182 Å². The highest BCUT2D eigenvalue weighted by Gasteiger charge is 2.19. The molecular formula is C22H20N8O2. The van der Waals surface area contributed by atoms with Gasteiger partial charge in [-0.2, -0.15) is 10.2 Å². The zero-order valence-electron chi connectivity index (χ0n) is 17.3. The van der Waals surface area contributed by atoms with Crippen molar-refractivity contribution < 1.29 is 9.59 Å². The maximum Gasteiger partial charge on any atom is 0.272 e. The Morgan fingerprint density at radius 2 is 1.91 bits per heavy atom. The van der Waals surface area contributed by atoms with Crippen LogP contribution in [0.25, 0.3) is 16.6 Å². The molecule has 0 aliphatic carbocycles. The fourth-order valence-electron chi connectivity index (χ4n) is 3.64. The van der Waals surface area contributed by atoms with Crippen molar-refractivity contribution in [2.45, 2.75) is 13.0 Å². The van der Waals surface area contributed by atoms with Gasteiger partial charge in [0.25, 0.3) is 5.91 Å². The van der Waals surface area contributed by atoms with Crippen LogP contribution in [-0.4, -0.2) is 52.4 Å². The number of carbonyl (C=O) groups is 2. The number of ketones is 1. The number of benzene rings is 1. The highest BCUT2D eigenvalue weighted by atomic mass is 16.2. The molecule has 0 spiro atoms. The monoisotopic (exact) mass is 428 g/mol. The van der Waals surface area contributed by atoms with Crippen molar-refractivity contribution in [3.63, 3.8) is 0 Å². The minimum Gasteiger partial charge on any atom is -0.350 e. The number of hydrogen-bond donors (Lipinski definition) is 1. The van der Waals surface area contributed by atoms with E-state index in [4.69, 9.17) is 0 Å². The number of nitrogens with one attached hydrogen (secondary N) is 1. The minimum atomic E-state index is -0.303. The van der Waals surface area contributed by atoms with Gasteiger partial charge in [0.15, 0.2) is 17.1 Å². The first-order chi connectivity index (χ1) is 15.6. The molecule has 4 aromatic heterocycles. The summed E-state index contributed by atoms with van der Waals surface area (Å²) in [6.07, 6.45) is 5.60. The third kappa shape index (κ3) is 3.62. The lowest BCUT2D eigenvalue weighted by Gasteiger charge is -2.03. The predicted octanol–water partition coefficient (Wildman–Crippen LogP) is 1.67. The van der Waals surface area contributed by atoms with Gasteiger partial charge in [0.2, 0.25) is 0 Å². The highest BCUT2D eigenvalue weighted by molar-refractivity contribution is 6.05. The fourth-order valence-corrected chi connectivity index (χ4v) is 3.64. The normalized spacial score (nSPS) is 11.3. The summed E-state index contributed by atoms with van der Waals surface area (Å²) in [5.41, 5.74) is 2.26. The third-order valence-corrected chi connectivity index (χ3v) is 5.21. The molecule has 0 aliphatic rings. The number of rotatable bonds is 7. The minimum absolute atomic E-state index is 0.0191. The smallest absolute Gasteiger partial charge is 0.272 e. The number of fused-ring (bicyclic) bond motifs is 2. The lowest BCUT2D eigenvalue weighted by Crippen LogP contribution is -2.27. The molecule has 0 atom stereocenters. The molecule has 10 nitrogen and oxygen atoms in total. The lowest BCUT2D eigenvalue weighted by molar-refractivity contribution is 0.0938. The molecule has 1 amide bonds. The highest BCUT2D eigenvalue weighted by Crippen LogP contribution is 2.19. The van der Waals surface area contributed by atoms with Gasteiger partial charge in [0.05, 0.1) is 17.3 Å². The third-order valence-electron chi connectivity index (χ3n) is 5.21. The Bertz CT molecular complexity index is 1440. The second kappa shape index (κ2) is 8.06. The first kappa shape index (κ1) is 19.6. The van der Waals surface area contributed by atoms with E-state index < -0.39 is 0 Å². The molecule has 0 unspecified atom stereocenters. The molecule has 0 fully saturated rings.